The van der Waals surface area contributed by atoms with E-state index in [2.05, 4.69) is 6.07 Å². The van der Waals surface area contributed by atoms with Crippen molar-refractivity contribution < 1.29 is 4.79 Å². The van der Waals surface area contributed by atoms with Crippen LogP contribution in [0.1, 0.15) is 46.3 Å². The van der Waals surface area contributed by atoms with E-state index in [-0.39, 0.29) is 0 Å². The molecule has 0 saturated carbocycles. The smallest absolute Gasteiger partial charge is 0.172 e. The lowest BCUT2D eigenvalue weighted by Crippen LogP contribution is -1.96. The Labute approximate surface area is 82.8 Å². The lowest BCUT2D eigenvalue weighted by molar-refractivity contribution is 0.0992. The number of hydrogen-bond donors (Lipinski definition) is 0. The molecule has 1 aliphatic rings. The second-order valence-corrected chi connectivity index (χ2v) is 4.68. The third kappa shape index (κ3) is 1.68. The molecular weight excluding hydrogens is 180 g/mol. The molecule has 70 valence electrons. The fourth-order valence-electron chi connectivity index (χ4n) is 1.80. The van der Waals surface area contributed by atoms with Crippen molar-refractivity contribution in [3.8, 4) is 0 Å². The molecule has 0 amide bonds. The zero-order valence-electron chi connectivity index (χ0n) is 7.93. The first-order valence-electron chi connectivity index (χ1n) is 4.96. The summed E-state index contributed by atoms with van der Waals surface area (Å²) in [6.07, 6.45) is 5.61. The molecule has 1 aromatic rings. The van der Waals surface area contributed by atoms with Crippen LogP contribution < -0.4 is 0 Å². The Morgan fingerprint density at radius 2 is 2.23 bits per heavy atom. The third-order valence-electron chi connectivity index (χ3n) is 2.59. The largest absolute Gasteiger partial charge is 0.293 e. The maximum Gasteiger partial charge on any atom is 0.172 e. The summed E-state index contributed by atoms with van der Waals surface area (Å²) in [5.74, 6) is 0.305. The minimum atomic E-state index is 0.305. The van der Waals surface area contributed by atoms with E-state index in [4.69, 9.17) is 0 Å². The van der Waals surface area contributed by atoms with Crippen LogP contribution in [0.3, 0.4) is 0 Å². The van der Waals surface area contributed by atoms with Gasteiger partial charge in [0.05, 0.1) is 4.88 Å². The fraction of sp³-hybridized carbons (Fsp3) is 0.545. The summed E-state index contributed by atoms with van der Waals surface area (Å²) in [6.45, 7) is 1.93. The topological polar surface area (TPSA) is 17.1 Å². The molecule has 0 fully saturated rings. The molecule has 13 heavy (non-hydrogen) atoms. The average Bonchev–Trinajstić information content (AvgIpc) is 2.59. The van der Waals surface area contributed by atoms with Gasteiger partial charge < -0.3 is 0 Å². The van der Waals surface area contributed by atoms with Gasteiger partial charge in [0.1, 0.15) is 0 Å². The molecule has 1 aliphatic carbocycles. The first kappa shape index (κ1) is 8.95. The number of fused-ring (bicyclic) bond motifs is 1. The van der Waals surface area contributed by atoms with E-state index in [1.54, 1.807) is 11.3 Å². The van der Waals surface area contributed by atoms with Crippen LogP contribution >= 0.6 is 11.3 Å². The monoisotopic (exact) mass is 194 g/mol. The fourth-order valence-corrected chi connectivity index (χ4v) is 3.07. The van der Waals surface area contributed by atoms with Crippen molar-refractivity contribution in [2.75, 3.05) is 0 Å². The third-order valence-corrected chi connectivity index (χ3v) is 3.87. The Morgan fingerprint density at radius 3 is 2.92 bits per heavy atom. The molecule has 0 unspecified atom stereocenters. The molecule has 1 aromatic heterocycles. The second-order valence-electron chi connectivity index (χ2n) is 3.54. The predicted molar refractivity (Wildman–Crippen MR) is 55.6 cm³/mol. The molecule has 0 bridgehead atoms. The molecule has 0 aliphatic heterocycles. The number of carbonyl (C=O) groups excluding carboxylic acids is 1. The highest BCUT2D eigenvalue weighted by molar-refractivity contribution is 7.14. The standard InChI is InChI=1S/C11H14OS/c1-2-9(12)11-7-8-5-3-4-6-10(8)13-11/h7H,2-6H2,1H3. The summed E-state index contributed by atoms with van der Waals surface area (Å²) in [6, 6.07) is 2.12. The zero-order chi connectivity index (χ0) is 9.26. The first-order chi connectivity index (χ1) is 6.31. The Bertz CT molecular complexity index is 301. The average molecular weight is 194 g/mol. The second kappa shape index (κ2) is 3.62. The van der Waals surface area contributed by atoms with Crippen molar-refractivity contribution in [1.29, 1.82) is 0 Å². The molecule has 0 N–H and O–H groups in total. The quantitative estimate of drug-likeness (QED) is 0.661. The van der Waals surface area contributed by atoms with Gasteiger partial charge in [-0.25, -0.2) is 0 Å². The minimum absolute atomic E-state index is 0.305. The predicted octanol–water partition coefficient (Wildman–Crippen LogP) is 3.22. The molecule has 1 heterocycles. The lowest BCUT2D eigenvalue weighted by Gasteiger charge is -2.08. The van der Waals surface area contributed by atoms with Crippen molar-refractivity contribution in [1.82, 2.24) is 0 Å². The maximum absolute atomic E-state index is 11.4. The van der Waals surface area contributed by atoms with E-state index in [1.807, 2.05) is 6.92 Å². The van der Waals surface area contributed by atoms with E-state index in [0.29, 0.717) is 12.2 Å². The molecule has 0 saturated heterocycles. The van der Waals surface area contributed by atoms with Crippen molar-refractivity contribution in [2.24, 2.45) is 0 Å². The molecule has 1 nitrogen and oxygen atoms in total. The van der Waals surface area contributed by atoms with Gasteiger partial charge in [0.25, 0.3) is 0 Å². The normalized spacial score (nSPS) is 15.5. The Balaban J connectivity index is 2.30. The zero-order valence-corrected chi connectivity index (χ0v) is 8.75. The van der Waals surface area contributed by atoms with E-state index < -0.39 is 0 Å². The van der Waals surface area contributed by atoms with E-state index in [9.17, 15) is 4.79 Å². The van der Waals surface area contributed by atoms with Gasteiger partial charge in [-0.3, -0.25) is 4.79 Å². The lowest BCUT2D eigenvalue weighted by atomic mass is 9.99. The van der Waals surface area contributed by atoms with Gasteiger partial charge in [0, 0.05) is 11.3 Å². The highest BCUT2D eigenvalue weighted by Crippen LogP contribution is 2.30. The van der Waals surface area contributed by atoms with Gasteiger partial charge in [-0.2, -0.15) is 0 Å². The van der Waals surface area contributed by atoms with Crippen LogP contribution in [0, 0.1) is 0 Å². The number of aryl methyl sites for hydroxylation is 2. The Kier molecular flexibility index (Phi) is 2.49. The minimum Gasteiger partial charge on any atom is -0.293 e. The van der Waals surface area contributed by atoms with Crippen LogP contribution in [0.5, 0.6) is 0 Å². The summed E-state index contributed by atoms with van der Waals surface area (Å²) in [7, 11) is 0. The van der Waals surface area contributed by atoms with Gasteiger partial charge in [0.15, 0.2) is 5.78 Å². The van der Waals surface area contributed by atoms with Crippen LogP contribution in [0.15, 0.2) is 6.07 Å². The summed E-state index contributed by atoms with van der Waals surface area (Å²) < 4.78 is 0. The summed E-state index contributed by atoms with van der Waals surface area (Å²) >= 11 is 1.72. The van der Waals surface area contributed by atoms with Crippen LogP contribution in [0.2, 0.25) is 0 Å². The first-order valence-corrected chi connectivity index (χ1v) is 5.77. The Hall–Kier alpha value is -0.630. The number of hydrogen-bond acceptors (Lipinski definition) is 2. The van der Waals surface area contributed by atoms with Crippen molar-refractivity contribution >= 4 is 17.1 Å². The summed E-state index contributed by atoms with van der Waals surface area (Å²) in [4.78, 5) is 13.9. The van der Waals surface area contributed by atoms with Gasteiger partial charge in [0.2, 0.25) is 0 Å². The molecule has 0 aromatic carbocycles. The molecule has 0 spiro atoms. The molecule has 2 rings (SSSR count). The molecule has 2 heteroatoms. The van der Waals surface area contributed by atoms with Crippen molar-refractivity contribution in [3.63, 3.8) is 0 Å². The maximum atomic E-state index is 11.4. The van der Waals surface area contributed by atoms with Crippen LogP contribution in [-0.4, -0.2) is 5.78 Å². The van der Waals surface area contributed by atoms with Crippen LogP contribution in [0.25, 0.3) is 0 Å². The van der Waals surface area contributed by atoms with E-state index in [0.717, 1.165) is 4.88 Å². The molecule has 0 radical (unpaired) electrons. The molecular formula is C11H14OS. The number of carbonyl (C=O) groups is 1. The van der Waals surface area contributed by atoms with Crippen LogP contribution in [0.4, 0.5) is 0 Å². The SMILES string of the molecule is CCC(=O)c1cc2c(s1)CCCC2. The van der Waals surface area contributed by atoms with E-state index >= 15 is 0 Å². The highest BCUT2D eigenvalue weighted by atomic mass is 32.1. The summed E-state index contributed by atoms with van der Waals surface area (Å²) in [5.41, 5.74) is 1.44. The number of rotatable bonds is 2. The van der Waals surface area contributed by atoms with Gasteiger partial charge in [-0.1, -0.05) is 6.92 Å². The number of Topliss-reactive ketones (excluding diaryl/α,β-unsaturated/α-hetero) is 1. The number of thiophene rings is 1. The van der Waals surface area contributed by atoms with Gasteiger partial charge in [-0.05, 0) is 37.3 Å². The Morgan fingerprint density at radius 1 is 1.46 bits per heavy atom. The summed E-state index contributed by atoms with van der Waals surface area (Å²) in [5, 5.41) is 0. The number of ketones is 1. The van der Waals surface area contributed by atoms with Crippen molar-refractivity contribution in [2.45, 2.75) is 39.0 Å². The van der Waals surface area contributed by atoms with Gasteiger partial charge in [-0.15, -0.1) is 11.3 Å². The van der Waals surface area contributed by atoms with Crippen LogP contribution in [-0.2, 0) is 12.8 Å². The van der Waals surface area contributed by atoms with E-state index in [1.165, 1.54) is 36.1 Å². The molecule has 0 atom stereocenters. The highest BCUT2D eigenvalue weighted by Gasteiger charge is 2.15. The van der Waals surface area contributed by atoms with Crippen molar-refractivity contribution in [3.05, 3.63) is 21.4 Å². The van der Waals surface area contributed by atoms with Gasteiger partial charge >= 0.3 is 0 Å².